The second-order valence-corrected chi connectivity index (χ2v) is 11.4. The van der Waals surface area contributed by atoms with Crippen molar-refractivity contribution in [2.45, 2.75) is 41.5 Å². The average molecular weight is 599 g/mol. The van der Waals surface area contributed by atoms with Crippen molar-refractivity contribution in [1.82, 2.24) is 4.90 Å². The monoisotopic (exact) mass is 598 g/mol. The van der Waals surface area contributed by atoms with Crippen LogP contribution in [0, 0.1) is 11.8 Å². The third-order valence-electron chi connectivity index (χ3n) is 8.13. The first kappa shape index (κ1) is 27.4. The van der Waals surface area contributed by atoms with Crippen molar-refractivity contribution in [3.05, 3.63) is 72.8 Å². The van der Waals surface area contributed by atoms with Crippen molar-refractivity contribution < 1.29 is 34.1 Å². The van der Waals surface area contributed by atoms with Crippen LogP contribution in [-0.4, -0.2) is 81.8 Å². The molecule has 3 aliphatic heterocycles. The number of amides is 2. The van der Waals surface area contributed by atoms with E-state index in [9.17, 15) is 24.6 Å². The molecule has 5 rings (SSSR count). The topological polar surface area (TPSA) is 117 Å². The maximum Gasteiger partial charge on any atom is 0.310 e. The molecule has 2 amide bonds. The molecule has 0 aromatic heterocycles. The predicted octanol–water partition coefficient (Wildman–Crippen LogP) is 2.65. The van der Waals surface area contributed by atoms with Crippen molar-refractivity contribution >= 4 is 39.4 Å². The van der Waals surface area contributed by atoms with Crippen LogP contribution in [-0.2, 0) is 25.5 Å². The first-order valence-corrected chi connectivity index (χ1v) is 13.8. The van der Waals surface area contributed by atoms with E-state index in [1.807, 2.05) is 30.3 Å². The summed E-state index contributed by atoms with van der Waals surface area (Å²) in [5, 5.41) is 20.7. The van der Waals surface area contributed by atoms with Crippen LogP contribution >= 0.6 is 15.9 Å². The highest BCUT2D eigenvalue weighted by molar-refractivity contribution is 9.09. The van der Waals surface area contributed by atoms with Crippen molar-refractivity contribution in [3.63, 3.8) is 0 Å². The first-order valence-electron chi connectivity index (χ1n) is 12.8. The number of aliphatic hydroxyl groups is 1. The fourth-order valence-electron chi connectivity index (χ4n) is 6.52. The van der Waals surface area contributed by atoms with Gasteiger partial charge in [0.25, 0.3) is 5.91 Å². The Balaban J connectivity index is 1.61. The minimum atomic E-state index is -1.36. The maximum absolute atomic E-state index is 14.6. The van der Waals surface area contributed by atoms with E-state index < -0.39 is 60.0 Å². The molecule has 10 heteroatoms. The Kier molecular flexibility index (Phi) is 7.54. The third-order valence-corrected chi connectivity index (χ3v) is 8.97. The normalized spacial score (nSPS) is 29.7. The minimum Gasteiger partial charge on any atom is -0.497 e. The number of benzene rings is 2. The summed E-state index contributed by atoms with van der Waals surface area (Å²) in [6, 6.07) is 14.4. The molecule has 206 valence electrons. The molecule has 3 aliphatic rings. The number of carbonyl (C=O) groups is 3. The molecule has 2 N–H and O–H groups in total. The molecule has 0 aliphatic carbocycles. The quantitative estimate of drug-likeness (QED) is 0.319. The van der Waals surface area contributed by atoms with Gasteiger partial charge in [-0.3, -0.25) is 14.4 Å². The number of carboxylic acids is 1. The predicted molar refractivity (Wildman–Crippen MR) is 147 cm³/mol. The molecular formula is C29H31BrN2O7. The summed E-state index contributed by atoms with van der Waals surface area (Å²) in [4.78, 5) is 43.7. The first-order chi connectivity index (χ1) is 18.8. The van der Waals surface area contributed by atoms with Gasteiger partial charge in [0.1, 0.15) is 17.4 Å². The van der Waals surface area contributed by atoms with Gasteiger partial charge >= 0.3 is 5.97 Å². The van der Waals surface area contributed by atoms with E-state index in [1.165, 1.54) is 9.80 Å². The van der Waals surface area contributed by atoms with Crippen molar-refractivity contribution in [2.75, 3.05) is 25.2 Å². The van der Waals surface area contributed by atoms with Crippen LogP contribution in [0.3, 0.4) is 0 Å². The van der Waals surface area contributed by atoms with Gasteiger partial charge in [-0.25, -0.2) is 0 Å². The standard InChI is InChI=1S/C29H31BrN2O7/c1-3-13-31(18-9-11-20(38-2)12-10-18)27(35)25-29-15-21(30)24(39-29)22(28(36)37)23(29)26(34)32(25)19(16-33)14-17-7-5-4-6-8-17/h3-12,19,21-25,33H,1,13-16H2,2H3,(H,36,37)/t19-,21?,22-,23+,24-,25?,29?/m1/s1. The van der Waals surface area contributed by atoms with Crippen LogP contribution < -0.4 is 9.64 Å². The third kappa shape index (κ3) is 4.44. The van der Waals surface area contributed by atoms with Crippen LogP contribution in [0.4, 0.5) is 5.69 Å². The van der Waals surface area contributed by atoms with Gasteiger partial charge in [-0.15, -0.1) is 6.58 Å². The van der Waals surface area contributed by atoms with Gasteiger partial charge in [0.2, 0.25) is 5.91 Å². The van der Waals surface area contributed by atoms with Crippen LogP contribution in [0.15, 0.2) is 67.3 Å². The lowest BCUT2D eigenvalue weighted by molar-refractivity contribution is -0.150. The van der Waals surface area contributed by atoms with Crippen LogP contribution in [0.5, 0.6) is 5.75 Å². The Morgan fingerprint density at radius 3 is 2.54 bits per heavy atom. The zero-order valence-corrected chi connectivity index (χ0v) is 23.1. The smallest absolute Gasteiger partial charge is 0.310 e. The number of aliphatic hydroxyl groups excluding tert-OH is 1. The molecule has 3 saturated heterocycles. The summed E-state index contributed by atoms with van der Waals surface area (Å²) in [5.74, 6) is -3.58. The van der Waals surface area contributed by atoms with E-state index in [0.717, 1.165) is 5.56 Å². The molecular weight excluding hydrogens is 568 g/mol. The molecule has 1 spiro atoms. The molecule has 2 aromatic rings. The minimum absolute atomic E-state index is 0.149. The summed E-state index contributed by atoms with van der Waals surface area (Å²) in [6.45, 7) is 3.56. The van der Waals surface area contributed by atoms with Gasteiger partial charge < -0.3 is 29.5 Å². The number of hydrogen-bond acceptors (Lipinski definition) is 6. The SMILES string of the molecule is C=CCN(C(=O)C1N([C@@H](CO)Cc2ccccc2)C(=O)[C@@H]2[C@@H](C(=O)O)[C@@H]3OC12CC3Br)c1ccc(OC)cc1. The number of nitrogens with zero attached hydrogens (tertiary/aromatic N) is 2. The van der Waals surface area contributed by atoms with Crippen molar-refractivity contribution in [2.24, 2.45) is 11.8 Å². The number of methoxy groups -OCH3 is 1. The van der Waals surface area contributed by atoms with E-state index in [2.05, 4.69) is 22.5 Å². The summed E-state index contributed by atoms with van der Waals surface area (Å²) >= 11 is 3.57. The number of carboxylic acid groups (broad SMARTS) is 1. The van der Waals surface area contributed by atoms with E-state index >= 15 is 0 Å². The number of halogens is 1. The van der Waals surface area contributed by atoms with Crippen molar-refractivity contribution in [1.29, 1.82) is 0 Å². The molecule has 7 atom stereocenters. The summed E-state index contributed by atoms with van der Waals surface area (Å²) in [7, 11) is 1.55. The number of alkyl halides is 1. The van der Waals surface area contributed by atoms with E-state index in [-0.39, 0.29) is 11.4 Å². The Bertz CT molecular complexity index is 1260. The van der Waals surface area contributed by atoms with Gasteiger partial charge in [0.05, 0.1) is 37.7 Å². The molecule has 2 aromatic carbocycles. The number of aliphatic carboxylic acids is 1. The molecule has 3 fully saturated rings. The molecule has 9 nitrogen and oxygen atoms in total. The molecule has 0 saturated carbocycles. The largest absolute Gasteiger partial charge is 0.497 e. The lowest BCUT2D eigenvalue weighted by atomic mass is 9.70. The fraction of sp³-hybridized carbons (Fsp3) is 0.414. The number of likely N-dealkylation sites (tertiary alicyclic amines) is 1. The van der Waals surface area contributed by atoms with Gasteiger partial charge in [-0.05, 0) is 42.7 Å². The lowest BCUT2D eigenvalue weighted by Gasteiger charge is -2.39. The summed E-state index contributed by atoms with van der Waals surface area (Å²) in [6.07, 6.45) is 1.42. The average Bonchev–Trinajstić information content (AvgIpc) is 3.54. The molecule has 3 unspecified atom stereocenters. The van der Waals surface area contributed by atoms with Gasteiger partial charge in [0.15, 0.2) is 0 Å². The Morgan fingerprint density at radius 2 is 1.95 bits per heavy atom. The van der Waals surface area contributed by atoms with Crippen LogP contribution in [0.2, 0.25) is 0 Å². The van der Waals surface area contributed by atoms with Gasteiger partial charge in [-0.1, -0.05) is 52.3 Å². The lowest BCUT2D eigenvalue weighted by Crippen LogP contribution is -2.59. The van der Waals surface area contributed by atoms with Gasteiger partial charge in [0, 0.05) is 17.1 Å². The number of hydrogen-bond donors (Lipinski definition) is 2. The Morgan fingerprint density at radius 1 is 1.26 bits per heavy atom. The summed E-state index contributed by atoms with van der Waals surface area (Å²) < 4.78 is 11.6. The fourth-order valence-corrected chi connectivity index (χ4v) is 7.46. The highest BCUT2D eigenvalue weighted by Gasteiger charge is 2.77. The van der Waals surface area contributed by atoms with E-state index in [0.29, 0.717) is 24.3 Å². The number of anilines is 1. The zero-order valence-electron chi connectivity index (χ0n) is 21.5. The number of carbonyl (C=O) groups excluding carboxylic acids is 2. The summed E-state index contributed by atoms with van der Waals surface area (Å²) in [5.41, 5.74) is 0.0855. The molecule has 3 heterocycles. The second-order valence-electron chi connectivity index (χ2n) is 10.2. The van der Waals surface area contributed by atoms with E-state index in [1.54, 1.807) is 37.5 Å². The molecule has 0 radical (unpaired) electrons. The molecule has 39 heavy (non-hydrogen) atoms. The molecule has 2 bridgehead atoms. The van der Waals surface area contributed by atoms with Gasteiger partial charge in [-0.2, -0.15) is 0 Å². The van der Waals surface area contributed by atoms with Crippen LogP contribution in [0.25, 0.3) is 0 Å². The Hall–Kier alpha value is -3.21. The van der Waals surface area contributed by atoms with E-state index in [4.69, 9.17) is 9.47 Å². The second kappa shape index (κ2) is 10.7. The van der Waals surface area contributed by atoms with Crippen LogP contribution in [0.1, 0.15) is 12.0 Å². The zero-order chi connectivity index (χ0) is 27.9. The number of ether oxygens (including phenoxy) is 2. The highest BCUT2D eigenvalue weighted by Crippen LogP contribution is 2.60. The highest BCUT2D eigenvalue weighted by atomic mass is 79.9. The number of rotatable bonds is 10. The number of fused-ring (bicyclic) bond motifs is 1. The maximum atomic E-state index is 14.6. The Labute approximate surface area is 235 Å². The van der Waals surface area contributed by atoms with Crippen molar-refractivity contribution in [3.8, 4) is 5.75 Å².